The molecule has 7 nitrogen and oxygen atoms in total. The van der Waals surface area contributed by atoms with Crippen LogP contribution in [0, 0.1) is 5.41 Å². The first kappa shape index (κ1) is 32.5. The van der Waals surface area contributed by atoms with Crippen molar-refractivity contribution >= 4 is 38.1 Å². The Labute approximate surface area is 259 Å². The molecule has 0 aliphatic carbocycles. The fourth-order valence-electron chi connectivity index (χ4n) is 3.98. The summed E-state index contributed by atoms with van der Waals surface area (Å²) >= 11 is 7.37. The van der Waals surface area contributed by atoms with Gasteiger partial charge in [-0.2, -0.15) is 8.78 Å². The monoisotopic (exact) mass is 650 g/mol. The molecule has 0 unspecified atom stereocenters. The predicted octanol–water partition coefficient (Wildman–Crippen LogP) is 9.13. The molecule has 0 amide bonds. The standard InChI is InChI=1S/C31H33ClF2N2O5S2/c1-19(2)40-25-18-21(32)12-13-23(25)27-28(42-30(35-27)36-43(37,38)22-9-7-6-8-10-22)20-11-14-24(41-29(33)34)26(17-20)39-16-15-31(3,4)5/h6-14,17-19,29H,15-16H2,1-5H3,(H,35,36). The summed E-state index contributed by atoms with van der Waals surface area (Å²) in [6, 6.07) is 17.6. The van der Waals surface area contributed by atoms with Crippen LogP contribution in [-0.2, 0) is 10.0 Å². The number of benzene rings is 3. The smallest absolute Gasteiger partial charge is 0.387 e. The van der Waals surface area contributed by atoms with Gasteiger partial charge in [-0.3, -0.25) is 4.72 Å². The average Bonchev–Trinajstić information content (AvgIpc) is 3.31. The summed E-state index contributed by atoms with van der Waals surface area (Å²) in [4.78, 5) is 5.30. The van der Waals surface area contributed by atoms with Crippen molar-refractivity contribution in [3.05, 3.63) is 71.8 Å². The number of anilines is 1. The largest absolute Gasteiger partial charge is 0.490 e. The first-order chi connectivity index (χ1) is 20.2. The summed E-state index contributed by atoms with van der Waals surface area (Å²) < 4.78 is 72.0. The number of hydrogen-bond donors (Lipinski definition) is 1. The lowest BCUT2D eigenvalue weighted by molar-refractivity contribution is -0.0515. The van der Waals surface area contributed by atoms with E-state index in [9.17, 15) is 17.2 Å². The minimum atomic E-state index is -3.95. The quantitative estimate of drug-likeness (QED) is 0.165. The van der Waals surface area contributed by atoms with Gasteiger partial charge < -0.3 is 14.2 Å². The number of nitrogens with zero attached hydrogens (tertiary/aromatic N) is 1. The van der Waals surface area contributed by atoms with Crippen LogP contribution in [0.2, 0.25) is 5.02 Å². The van der Waals surface area contributed by atoms with Gasteiger partial charge in [0, 0.05) is 10.6 Å². The molecule has 12 heteroatoms. The highest BCUT2D eigenvalue weighted by atomic mass is 35.5. The molecule has 0 spiro atoms. The highest BCUT2D eigenvalue weighted by molar-refractivity contribution is 7.93. The number of thiazole rings is 1. The molecule has 0 fully saturated rings. The Balaban J connectivity index is 1.85. The number of aromatic nitrogens is 1. The van der Waals surface area contributed by atoms with Gasteiger partial charge in [0.25, 0.3) is 10.0 Å². The Morgan fingerprint density at radius 1 is 0.953 bits per heavy atom. The lowest BCUT2D eigenvalue weighted by Gasteiger charge is -2.19. The minimum absolute atomic E-state index is 0.0433. The zero-order chi connectivity index (χ0) is 31.4. The maximum Gasteiger partial charge on any atom is 0.387 e. The maximum absolute atomic E-state index is 13.2. The van der Waals surface area contributed by atoms with E-state index in [1.165, 1.54) is 18.2 Å². The highest BCUT2D eigenvalue weighted by Gasteiger charge is 2.24. The van der Waals surface area contributed by atoms with Crippen LogP contribution in [0.15, 0.2) is 71.6 Å². The van der Waals surface area contributed by atoms with Gasteiger partial charge in [-0.25, -0.2) is 13.4 Å². The fraction of sp³-hybridized carbons (Fsp3) is 0.323. The Morgan fingerprint density at radius 3 is 2.33 bits per heavy atom. The zero-order valence-corrected chi connectivity index (χ0v) is 26.7. The zero-order valence-electron chi connectivity index (χ0n) is 24.4. The molecule has 1 N–H and O–H groups in total. The molecular formula is C31H33ClF2N2O5S2. The normalized spacial score (nSPS) is 12.0. The van der Waals surface area contributed by atoms with E-state index >= 15 is 0 Å². The molecule has 0 aliphatic heterocycles. The van der Waals surface area contributed by atoms with Crippen LogP contribution in [0.25, 0.3) is 21.7 Å². The number of halogens is 3. The van der Waals surface area contributed by atoms with Gasteiger partial charge in [0.1, 0.15) is 5.75 Å². The molecule has 4 rings (SSSR count). The summed E-state index contributed by atoms with van der Waals surface area (Å²) in [5.74, 6) is 0.465. The lowest BCUT2D eigenvalue weighted by Crippen LogP contribution is -2.12. The second-order valence-corrected chi connectivity index (χ2v) is 14.2. The topological polar surface area (TPSA) is 86.8 Å². The van der Waals surface area contributed by atoms with Crippen LogP contribution >= 0.6 is 22.9 Å². The molecule has 0 bridgehead atoms. The second kappa shape index (κ2) is 13.5. The molecule has 0 radical (unpaired) electrons. The van der Waals surface area contributed by atoms with Crippen LogP contribution in [0.1, 0.15) is 41.0 Å². The van der Waals surface area contributed by atoms with E-state index in [0.29, 0.717) is 38.9 Å². The summed E-state index contributed by atoms with van der Waals surface area (Å²) in [5, 5.41) is 0.548. The van der Waals surface area contributed by atoms with Crippen molar-refractivity contribution in [2.45, 2.75) is 58.7 Å². The Hall–Kier alpha value is -3.41. The molecule has 43 heavy (non-hydrogen) atoms. The predicted molar refractivity (Wildman–Crippen MR) is 167 cm³/mol. The van der Waals surface area contributed by atoms with Crippen molar-refractivity contribution in [2.75, 3.05) is 11.3 Å². The molecule has 0 aliphatic rings. The van der Waals surface area contributed by atoms with Gasteiger partial charge in [-0.05, 0) is 79.8 Å². The molecule has 230 valence electrons. The summed E-state index contributed by atoms with van der Waals surface area (Å²) in [6.45, 7) is 7.12. The van der Waals surface area contributed by atoms with Crippen molar-refractivity contribution in [3.63, 3.8) is 0 Å². The van der Waals surface area contributed by atoms with Crippen molar-refractivity contribution < 1.29 is 31.4 Å². The van der Waals surface area contributed by atoms with Crippen molar-refractivity contribution in [1.29, 1.82) is 0 Å². The summed E-state index contributed by atoms with van der Waals surface area (Å²) in [5.41, 5.74) is 1.48. The molecule has 0 atom stereocenters. The van der Waals surface area contributed by atoms with Gasteiger partial charge in [0.05, 0.1) is 28.2 Å². The van der Waals surface area contributed by atoms with E-state index in [1.54, 1.807) is 48.5 Å². The first-order valence-corrected chi connectivity index (χ1v) is 16.2. The van der Waals surface area contributed by atoms with E-state index in [4.69, 9.17) is 25.8 Å². The van der Waals surface area contributed by atoms with Crippen molar-refractivity contribution in [3.8, 4) is 38.9 Å². The number of sulfonamides is 1. The van der Waals surface area contributed by atoms with Gasteiger partial charge in [-0.1, -0.05) is 61.9 Å². The highest BCUT2D eigenvalue weighted by Crippen LogP contribution is 2.45. The Bertz CT molecular complexity index is 1660. The minimum Gasteiger partial charge on any atom is -0.490 e. The van der Waals surface area contributed by atoms with Crippen molar-refractivity contribution in [1.82, 2.24) is 4.98 Å². The number of alkyl halides is 2. The van der Waals surface area contributed by atoms with Gasteiger partial charge in [-0.15, -0.1) is 0 Å². The molecule has 1 heterocycles. The number of ether oxygens (including phenoxy) is 3. The van der Waals surface area contributed by atoms with Crippen LogP contribution in [-0.4, -0.2) is 32.7 Å². The Kier molecular flexibility index (Phi) is 10.2. The number of rotatable bonds is 12. The third-order valence-electron chi connectivity index (χ3n) is 6.00. The second-order valence-electron chi connectivity index (χ2n) is 11.1. The average molecular weight is 651 g/mol. The van der Waals surface area contributed by atoms with E-state index in [0.717, 1.165) is 11.3 Å². The first-order valence-electron chi connectivity index (χ1n) is 13.5. The molecule has 0 saturated heterocycles. The molecular weight excluding hydrogens is 618 g/mol. The van der Waals surface area contributed by atoms with Crippen LogP contribution in [0.3, 0.4) is 0 Å². The van der Waals surface area contributed by atoms with E-state index in [1.807, 2.05) is 34.6 Å². The van der Waals surface area contributed by atoms with Crippen molar-refractivity contribution in [2.24, 2.45) is 5.41 Å². The maximum atomic E-state index is 13.2. The van der Waals surface area contributed by atoms with Crippen LogP contribution in [0.4, 0.5) is 13.9 Å². The molecule has 3 aromatic carbocycles. The molecule has 4 aromatic rings. The third kappa shape index (κ3) is 8.81. The summed E-state index contributed by atoms with van der Waals surface area (Å²) in [6.07, 6.45) is 0.479. The molecule has 0 saturated carbocycles. The van der Waals surface area contributed by atoms with E-state index in [2.05, 4.69) is 9.71 Å². The third-order valence-corrected chi connectivity index (χ3v) is 8.73. The van der Waals surface area contributed by atoms with E-state index in [-0.39, 0.29) is 39.7 Å². The Morgan fingerprint density at radius 2 is 1.67 bits per heavy atom. The number of nitrogens with one attached hydrogen (secondary N) is 1. The van der Waals surface area contributed by atoms with Crippen LogP contribution in [0.5, 0.6) is 17.2 Å². The van der Waals surface area contributed by atoms with Gasteiger partial charge in [0.15, 0.2) is 16.6 Å². The molecule has 1 aromatic heterocycles. The fourth-order valence-corrected chi connectivity index (χ4v) is 6.38. The van der Waals surface area contributed by atoms with Crippen LogP contribution < -0.4 is 18.9 Å². The number of hydrogen-bond acceptors (Lipinski definition) is 7. The van der Waals surface area contributed by atoms with E-state index < -0.39 is 16.6 Å². The van der Waals surface area contributed by atoms with Gasteiger partial charge in [0.2, 0.25) is 0 Å². The lowest BCUT2D eigenvalue weighted by atomic mass is 9.93. The summed E-state index contributed by atoms with van der Waals surface area (Å²) in [7, 11) is -3.95. The SMILES string of the molecule is CC(C)Oc1cc(Cl)ccc1-c1nc(NS(=O)(=O)c2ccccc2)sc1-c1ccc(OC(F)F)c(OCCC(C)(C)C)c1. The van der Waals surface area contributed by atoms with Gasteiger partial charge >= 0.3 is 6.61 Å².